The fraction of sp³-hybridized carbons (Fsp3) is 0.538. The van der Waals surface area contributed by atoms with E-state index in [0.717, 1.165) is 25.0 Å². The molecule has 7 heteroatoms. The minimum Gasteiger partial charge on any atom is -0.384 e. The van der Waals surface area contributed by atoms with E-state index >= 15 is 0 Å². The van der Waals surface area contributed by atoms with Gasteiger partial charge in [0.25, 0.3) is 5.69 Å². The molecule has 0 bridgehead atoms. The molecule has 0 aromatic heterocycles. The first-order valence-corrected chi connectivity index (χ1v) is 6.38. The fourth-order valence-corrected chi connectivity index (χ4v) is 2.14. The number of nitrogens with zero attached hydrogens (tertiary/aromatic N) is 1. The Hall–Kier alpha value is -1.79. The van der Waals surface area contributed by atoms with E-state index in [1.165, 1.54) is 0 Å². The quantitative estimate of drug-likeness (QED) is 0.656. The molecule has 0 amide bonds. The molecule has 1 atom stereocenters. The number of halogens is 3. The maximum absolute atomic E-state index is 12.9. The van der Waals surface area contributed by atoms with Crippen LogP contribution in [0.25, 0.3) is 0 Å². The Kier molecular flexibility index (Phi) is 3.87. The summed E-state index contributed by atoms with van der Waals surface area (Å²) >= 11 is 0. The van der Waals surface area contributed by atoms with Crippen molar-refractivity contribution in [3.05, 3.63) is 33.9 Å². The molecule has 0 aliphatic heterocycles. The monoisotopic (exact) mass is 288 g/mol. The largest absolute Gasteiger partial charge is 0.418 e. The van der Waals surface area contributed by atoms with Crippen LogP contribution in [0.15, 0.2) is 18.2 Å². The first-order chi connectivity index (χ1) is 9.29. The smallest absolute Gasteiger partial charge is 0.384 e. The number of hydrogen-bond acceptors (Lipinski definition) is 3. The van der Waals surface area contributed by atoms with Gasteiger partial charge in [-0.2, -0.15) is 13.2 Å². The average molecular weight is 288 g/mol. The van der Waals surface area contributed by atoms with Gasteiger partial charge in [0.1, 0.15) is 0 Å². The van der Waals surface area contributed by atoms with Gasteiger partial charge in [-0.1, -0.05) is 6.92 Å². The van der Waals surface area contributed by atoms with E-state index in [4.69, 9.17) is 0 Å². The summed E-state index contributed by atoms with van der Waals surface area (Å²) in [7, 11) is 0. The van der Waals surface area contributed by atoms with Crippen LogP contribution in [0.4, 0.5) is 24.5 Å². The van der Waals surface area contributed by atoms with E-state index in [9.17, 15) is 23.3 Å². The van der Waals surface area contributed by atoms with Crippen LogP contribution in [0, 0.1) is 22.0 Å². The van der Waals surface area contributed by atoms with Crippen molar-refractivity contribution < 1.29 is 18.1 Å². The summed E-state index contributed by atoms with van der Waals surface area (Å²) in [6, 6.07) is 2.78. The normalized spacial score (nSPS) is 16.8. The topological polar surface area (TPSA) is 55.2 Å². The lowest BCUT2D eigenvalue weighted by Crippen LogP contribution is -2.17. The molecular formula is C13H15F3N2O2. The van der Waals surface area contributed by atoms with Crippen molar-refractivity contribution in [3.8, 4) is 0 Å². The second-order valence-corrected chi connectivity index (χ2v) is 5.18. The van der Waals surface area contributed by atoms with Crippen LogP contribution in [0.5, 0.6) is 0 Å². The predicted octanol–water partition coefficient (Wildman–Crippen LogP) is 4.07. The van der Waals surface area contributed by atoms with Crippen LogP contribution in [-0.4, -0.2) is 11.5 Å². The highest BCUT2D eigenvalue weighted by atomic mass is 19.4. The summed E-state index contributed by atoms with van der Waals surface area (Å²) < 4.78 is 38.8. The van der Waals surface area contributed by atoms with E-state index in [-0.39, 0.29) is 5.69 Å². The first kappa shape index (κ1) is 14.6. The highest BCUT2D eigenvalue weighted by Crippen LogP contribution is 2.39. The zero-order chi connectivity index (χ0) is 14.9. The maximum Gasteiger partial charge on any atom is 0.418 e. The molecule has 110 valence electrons. The Balaban J connectivity index is 2.19. The van der Waals surface area contributed by atoms with E-state index < -0.39 is 22.4 Å². The second kappa shape index (κ2) is 5.30. The number of benzene rings is 1. The highest BCUT2D eigenvalue weighted by molar-refractivity contribution is 5.57. The lowest BCUT2D eigenvalue weighted by molar-refractivity contribution is -0.385. The van der Waals surface area contributed by atoms with Gasteiger partial charge in [-0.3, -0.25) is 10.1 Å². The molecule has 1 aliphatic carbocycles. The van der Waals surface area contributed by atoms with Crippen LogP contribution in [0.1, 0.15) is 25.3 Å². The molecule has 0 spiro atoms. The van der Waals surface area contributed by atoms with Crippen molar-refractivity contribution in [2.75, 3.05) is 11.9 Å². The Bertz CT molecular complexity index is 513. The minimum absolute atomic E-state index is 0.101. The number of nitro benzene ring substituents is 1. The summed E-state index contributed by atoms with van der Waals surface area (Å²) in [4.78, 5) is 9.75. The molecule has 1 aliphatic rings. The van der Waals surface area contributed by atoms with Gasteiger partial charge in [0, 0.05) is 24.4 Å². The van der Waals surface area contributed by atoms with Gasteiger partial charge >= 0.3 is 6.18 Å². The van der Waals surface area contributed by atoms with E-state index in [1.54, 1.807) is 0 Å². The van der Waals surface area contributed by atoms with Crippen LogP contribution < -0.4 is 5.32 Å². The molecule has 1 aromatic carbocycles. The van der Waals surface area contributed by atoms with E-state index in [1.807, 2.05) is 6.92 Å². The molecule has 1 fully saturated rings. The van der Waals surface area contributed by atoms with Crippen molar-refractivity contribution in [2.45, 2.75) is 25.9 Å². The Morgan fingerprint density at radius 1 is 1.45 bits per heavy atom. The first-order valence-electron chi connectivity index (χ1n) is 6.38. The van der Waals surface area contributed by atoms with Gasteiger partial charge in [-0.25, -0.2) is 0 Å². The molecular weight excluding hydrogens is 273 g/mol. The molecule has 0 heterocycles. The van der Waals surface area contributed by atoms with Crippen molar-refractivity contribution in [3.63, 3.8) is 0 Å². The lowest BCUT2D eigenvalue weighted by Gasteiger charge is -2.17. The minimum atomic E-state index is -4.61. The van der Waals surface area contributed by atoms with Crippen molar-refractivity contribution in [2.24, 2.45) is 11.8 Å². The molecule has 0 radical (unpaired) electrons. The van der Waals surface area contributed by atoms with Crippen molar-refractivity contribution in [1.29, 1.82) is 0 Å². The third-order valence-corrected chi connectivity index (χ3v) is 3.56. The van der Waals surface area contributed by atoms with Gasteiger partial charge < -0.3 is 5.32 Å². The third kappa shape index (κ3) is 3.40. The van der Waals surface area contributed by atoms with Gasteiger partial charge in [0.2, 0.25) is 0 Å². The molecule has 0 saturated heterocycles. The molecule has 1 aromatic rings. The number of alkyl halides is 3. The molecule has 2 rings (SSSR count). The SMILES string of the molecule is CC(CNc1ccc([N+](=O)[O-])cc1C(F)(F)F)C1CC1. The van der Waals surface area contributed by atoms with Gasteiger partial charge in [-0.15, -0.1) is 0 Å². The van der Waals surface area contributed by atoms with Crippen LogP contribution in [0.3, 0.4) is 0 Å². The van der Waals surface area contributed by atoms with E-state index in [2.05, 4.69) is 5.32 Å². The molecule has 20 heavy (non-hydrogen) atoms. The highest BCUT2D eigenvalue weighted by Gasteiger charge is 2.35. The standard InChI is InChI=1S/C13H15F3N2O2/c1-8(9-2-3-9)7-17-12-5-4-10(18(19)20)6-11(12)13(14,15)16/h4-6,8-9,17H,2-3,7H2,1H3. The lowest BCUT2D eigenvalue weighted by atomic mass is 10.1. The predicted molar refractivity (Wildman–Crippen MR) is 68.5 cm³/mol. The van der Waals surface area contributed by atoms with Gasteiger partial charge in [-0.05, 0) is 30.7 Å². The summed E-state index contributed by atoms with van der Waals surface area (Å²) in [5, 5.41) is 13.3. The number of nitrogens with one attached hydrogen (secondary N) is 1. The Labute approximate surface area is 114 Å². The molecule has 1 N–H and O–H groups in total. The van der Waals surface area contributed by atoms with Crippen LogP contribution in [0.2, 0.25) is 0 Å². The summed E-state index contributed by atoms with van der Waals surface area (Å²) in [6.45, 7) is 2.43. The van der Waals surface area contributed by atoms with Crippen LogP contribution in [-0.2, 0) is 6.18 Å². The summed E-state index contributed by atoms with van der Waals surface area (Å²) in [5.41, 5.74) is -1.65. The fourth-order valence-electron chi connectivity index (χ4n) is 2.14. The zero-order valence-corrected chi connectivity index (χ0v) is 10.9. The Morgan fingerprint density at radius 2 is 2.10 bits per heavy atom. The number of non-ortho nitro benzene ring substituents is 1. The maximum atomic E-state index is 12.9. The van der Waals surface area contributed by atoms with Crippen LogP contribution >= 0.6 is 0 Å². The molecule has 1 saturated carbocycles. The number of rotatable bonds is 5. The zero-order valence-electron chi connectivity index (χ0n) is 10.9. The van der Waals surface area contributed by atoms with Gasteiger partial charge in [0.05, 0.1) is 10.5 Å². The number of anilines is 1. The van der Waals surface area contributed by atoms with Gasteiger partial charge in [0.15, 0.2) is 0 Å². The second-order valence-electron chi connectivity index (χ2n) is 5.18. The Morgan fingerprint density at radius 3 is 2.60 bits per heavy atom. The van der Waals surface area contributed by atoms with Crippen molar-refractivity contribution >= 4 is 11.4 Å². The number of nitro groups is 1. The molecule has 4 nitrogen and oxygen atoms in total. The summed E-state index contributed by atoms with van der Waals surface area (Å²) in [6.07, 6.45) is -2.37. The summed E-state index contributed by atoms with van der Waals surface area (Å²) in [5.74, 6) is 0.876. The average Bonchev–Trinajstić information content (AvgIpc) is 3.18. The number of hydrogen-bond donors (Lipinski definition) is 1. The molecule has 1 unspecified atom stereocenters. The third-order valence-electron chi connectivity index (χ3n) is 3.56. The van der Waals surface area contributed by atoms with Crippen molar-refractivity contribution in [1.82, 2.24) is 0 Å². The van der Waals surface area contributed by atoms with E-state index in [0.29, 0.717) is 24.4 Å².